The van der Waals surface area contributed by atoms with Gasteiger partial charge in [-0.15, -0.1) is 11.3 Å². The van der Waals surface area contributed by atoms with Gasteiger partial charge in [0, 0.05) is 38.1 Å². The molecule has 3 aromatic rings. The number of carbonyl (C=O) groups is 3. The Bertz CT molecular complexity index is 1790. The van der Waals surface area contributed by atoms with E-state index in [1.54, 1.807) is 16.7 Å². The van der Waals surface area contributed by atoms with Crippen LogP contribution in [0.5, 0.6) is 5.75 Å². The van der Waals surface area contributed by atoms with Crippen LogP contribution in [0.4, 0.5) is 15.3 Å². The Morgan fingerprint density at radius 3 is 2.38 bits per heavy atom. The summed E-state index contributed by atoms with van der Waals surface area (Å²) < 4.78 is 29.4. The number of phenols is 1. The van der Waals surface area contributed by atoms with Crippen LogP contribution < -0.4 is 16.0 Å². The maximum atomic E-state index is 14.1. The quantitative estimate of drug-likeness (QED) is 0.128. The van der Waals surface area contributed by atoms with Gasteiger partial charge in [-0.05, 0) is 55.9 Å². The maximum Gasteiger partial charge on any atom is 0.321 e. The Balaban J connectivity index is 1.59. The lowest BCUT2D eigenvalue weighted by atomic mass is 9.97. The second-order valence-corrected chi connectivity index (χ2v) is 16.7. The van der Waals surface area contributed by atoms with Crippen LogP contribution in [-0.2, 0) is 27.8 Å². The maximum absolute atomic E-state index is 14.1. The third kappa shape index (κ3) is 10.4. The molecule has 0 radical (unpaired) electrons. The van der Waals surface area contributed by atoms with E-state index in [1.807, 2.05) is 70.3 Å². The zero-order valence-corrected chi connectivity index (χ0v) is 32.2. The molecule has 4 rings (SSSR count). The highest BCUT2D eigenvalue weighted by atomic mass is 32.2. The van der Waals surface area contributed by atoms with E-state index in [-0.39, 0.29) is 53.7 Å². The summed E-state index contributed by atoms with van der Waals surface area (Å²) >= 11 is 1.51. The normalized spacial score (nSPS) is 15.3. The molecule has 3 atom stereocenters. The Morgan fingerprint density at radius 1 is 1.06 bits per heavy atom. The molecule has 1 fully saturated rings. The number of hydrogen-bond acceptors (Lipinski definition) is 9. The van der Waals surface area contributed by atoms with E-state index in [2.05, 4.69) is 20.9 Å². The highest BCUT2D eigenvalue weighted by molar-refractivity contribution is 7.89. The number of aromatic hydroxyl groups is 1. The smallest absolute Gasteiger partial charge is 0.321 e. The minimum absolute atomic E-state index is 0.0383. The number of phenolic OH excluding ortho intramolecular Hbond substituents is 1. The first-order valence-corrected chi connectivity index (χ1v) is 19.8. The summed E-state index contributed by atoms with van der Waals surface area (Å²) in [5.74, 6) is -1.18. The van der Waals surface area contributed by atoms with Crippen LogP contribution >= 0.6 is 11.3 Å². The number of aromatic nitrogens is 1. The fourth-order valence-corrected chi connectivity index (χ4v) is 8.42. The number of rotatable bonds is 17. The van der Waals surface area contributed by atoms with E-state index in [0.717, 1.165) is 20.6 Å². The molecule has 1 aromatic heterocycles. The Labute approximate surface area is 310 Å². The van der Waals surface area contributed by atoms with Gasteiger partial charge in [-0.25, -0.2) is 23.0 Å². The summed E-state index contributed by atoms with van der Waals surface area (Å²) in [5.41, 5.74) is 1.51. The molecular formula is C36H51N7O7S2. The van der Waals surface area contributed by atoms with E-state index in [1.165, 1.54) is 29.5 Å². The zero-order chi connectivity index (χ0) is 38.2. The SMILES string of the molecule is CCNC(=O)Nc1cc(S(=O)(=O)N(CC(C)C)C[C@H](O)[C@H](Cc2ccccc2)NC(=O)[C@H](C(C)C)N2CCN(Cc3csc(C)n3)C2=O)ccc1O. The van der Waals surface area contributed by atoms with Gasteiger partial charge in [-0.2, -0.15) is 4.31 Å². The molecule has 14 nitrogen and oxygen atoms in total. The summed E-state index contributed by atoms with van der Waals surface area (Å²) in [4.78, 5) is 47.4. The first-order valence-electron chi connectivity index (χ1n) is 17.5. The number of sulfonamides is 1. The van der Waals surface area contributed by atoms with E-state index >= 15 is 0 Å². The number of carbonyl (C=O) groups excluding carboxylic acids is 3. The molecule has 284 valence electrons. The number of anilines is 1. The number of aliphatic hydroxyl groups is 1. The van der Waals surface area contributed by atoms with Crippen LogP contribution in [0, 0.1) is 18.8 Å². The van der Waals surface area contributed by atoms with Gasteiger partial charge >= 0.3 is 12.1 Å². The third-order valence-electron chi connectivity index (χ3n) is 8.62. The van der Waals surface area contributed by atoms with Crippen molar-refractivity contribution < 1.29 is 33.0 Å². The van der Waals surface area contributed by atoms with E-state index in [9.17, 15) is 33.0 Å². The number of benzene rings is 2. The number of thiazole rings is 1. The largest absolute Gasteiger partial charge is 0.506 e. The van der Waals surface area contributed by atoms with Gasteiger partial charge in [0.25, 0.3) is 0 Å². The van der Waals surface area contributed by atoms with Crippen LogP contribution in [0.2, 0.25) is 0 Å². The lowest BCUT2D eigenvalue weighted by Crippen LogP contribution is -2.57. The number of hydrogen-bond donors (Lipinski definition) is 5. The predicted octanol–water partition coefficient (Wildman–Crippen LogP) is 4.00. The second-order valence-electron chi connectivity index (χ2n) is 13.7. The number of aliphatic hydroxyl groups excluding tert-OH is 1. The van der Waals surface area contributed by atoms with Gasteiger partial charge in [0.15, 0.2) is 0 Å². The van der Waals surface area contributed by atoms with Gasteiger partial charge in [0.1, 0.15) is 11.8 Å². The molecule has 0 bridgehead atoms. The fraction of sp³-hybridized carbons (Fsp3) is 0.500. The average Bonchev–Trinajstić information content (AvgIpc) is 3.65. The van der Waals surface area contributed by atoms with E-state index in [4.69, 9.17) is 0 Å². The summed E-state index contributed by atoms with van der Waals surface area (Å²) in [7, 11) is -4.28. The lowest BCUT2D eigenvalue weighted by molar-refractivity contribution is -0.128. The summed E-state index contributed by atoms with van der Waals surface area (Å²) in [5, 5.41) is 33.0. The average molecular weight is 758 g/mol. The van der Waals surface area contributed by atoms with Gasteiger partial charge in [0.2, 0.25) is 15.9 Å². The lowest BCUT2D eigenvalue weighted by Gasteiger charge is -2.34. The molecule has 16 heteroatoms. The van der Waals surface area contributed by atoms with Gasteiger partial charge < -0.3 is 36.0 Å². The number of urea groups is 2. The van der Waals surface area contributed by atoms with E-state index in [0.29, 0.717) is 26.2 Å². The molecule has 52 heavy (non-hydrogen) atoms. The number of nitrogens with zero attached hydrogens (tertiary/aromatic N) is 4. The van der Waals surface area contributed by atoms with Gasteiger partial charge in [-0.1, -0.05) is 58.0 Å². The Hall–Kier alpha value is -4.25. The molecule has 1 aliphatic rings. The van der Waals surface area contributed by atoms with Crippen molar-refractivity contribution in [2.24, 2.45) is 11.8 Å². The highest BCUT2D eigenvalue weighted by Crippen LogP contribution is 2.29. The molecule has 2 heterocycles. The molecule has 1 aliphatic heterocycles. The van der Waals surface area contributed by atoms with Crippen molar-refractivity contribution >= 4 is 45.0 Å². The number of amides is 5. The first-order chi connectivity index (χ1) is 24.6. The van der Waals surface area contributed by atoms with Crippen LogP contribution in [0.25, 0.3) is 0 Å². The van der Waals surface area contributed by atoms with Crippen LogP contribution in [0.1, 0.15) is 50.9 Å². The fourth-order valence-electron chi connectivity index (χ4n) is 6.17. The van der Waals surface area contributed by atoms with Crippen molar-refractivity contribution in [1.82, 2.24) is 29.7 Å². The van der Waals surface area contributed by atoms with Crippen molar-refractivity contribution in [3.8, 4) is 5.75 Å². The highest BCUT2D eigenvalue weighted by Gasteiger charge is 2.40. The summed E-state index contributed by atoms with van der Waals surface area (Å²) in [6.07, 6.45) is -1.17. The number of nitrogens with one attached hydrogen (secondary N) is 3. The molecule has 1 saturated heterocycles. The number of aryl methyl sites for hydroxylation is 1. The van der Waals surface area contributed by atoms with Crippen LogP contribution in [0.3, 0.4) is 0 Å². The third-order valence-corrected chi connectivity index (χ3v) is 11.3. The molecule has 2 aromatic carbocycles. The summed E-state index contributed by atoms with van der Waals surface area (Å²) in [6.45, 7) is 12.1. The van der Waals surface area contributed by atoms with Crippen molar-refractivity contribution in [1.29, 1.82) is 0 Å². The van der Waals surface area contributed by atoms with Gasteiger partial charge in [0.05, 0.1) is 40.0 Å². The standard InChI is InChI=1S/C36H51N7O7S2/c1-7-37-35(47)40-30-18-28(13-14-31(30)44)52(49,50)42(19-23(2)3)21-32(45)29(17-26-11-9-8-10-12-26)39-34(46)33(24(4)5)43-16-15-41(36(43)48)20-27-22-51-25(6)38-27/h8-14,18,22-24,29,32-33,44-45H,7,15-17,19-21H2,1-6H3,(H,39,46)(H2,37,40,47)/t29-,32-,33-/m0/s1. The molecule has 5 amide bonds. The van der Waals surface area contributed by atoms with Crippen LogP contribution in [0.15, 0.2) is 58.8 Å². The molecule has 0 spiro atoms. The van der Waals surface area contributed by atoms with Crippen LogP contribution in [-0.4, -0.2) is 107 Å². The van der Waals surface area contributed by atoms with E-state index < -0.39 is 40.1 Å². The molecule has 0 saturated carbocycles. The second kappa shape index (κ2) is 18.0. The molecule has 0 unspecified atom stereocenters. The molecule has 0 aliphatic carbocycles. The summed E-state index contributed by atoms with van der Waals surface area (Å²) in [6, 6.07) is 10.2. The Kier molecular flexibility index (Phi) is 14.0. The topological polar surface area (TPSA) is 185 Å². The zero-order valence-electron chi connectivity index (χ0n) is 30.6. The minimum Gasteiger partial charge on any atom is -0.506 e. The van der Waals surface area contributed by atoms with Gasteiger partial charge in [-0.3, -0.25) is 4.79 Å². The molecule has 5 N–H and O–H groups in total. The molecular weight excluding hydrogens is 707 g/mol. The monoisotopic (exact) mass is 757 g/mol. The van der Waals surface area contributed by atoms with Crippen molar-refractivity contribution in [3.63, 3.8) is 0 Å². The Morgan fingerprint density at radius 2 is 1.77 bits per heavy atom. The van der Waals surface area contributed by atoms with Crippen molar-refractivity contribution in [2.75, 3.05) is 38.0 Å². The first kappa shape index (κ1) is 40.5. The van der Waals surface area contributed by atoms with Crippen molar-refractivity contribution in [3.05, 3.63) is 70.2 Å². The predicted molar refractivity (Wildman–Crippen MR) is 200 cm³/mol. The van der Waals surface area contributed by atoms with Crippen molar-refractivity contribution in [2.45, 2.75) is 77.6 Å². The minimum atomic E-state index is -4.28.